The van der Waals surface area contributed by atoms with Gasteiger partial charge >= 0.3 is 0 Å². The predicted octanol–water partition coefficient (Wildman–Crippen LogP) is 2.28. The van der Waals surface area contributed by atoms with Crippen LogP contribution in [0.15, 0.2) is 0 Å². The summed E-state index contributed by atoms with van der Waals surface area (Å²) in [5.74, 6) is 7.88. The first-order chi connectivity index (χ1) is 7.36. The van der Waals surface area contributed by atoms with E-state index in [1.807, 2.05) is 0 Å². The van der Waals surface area contributed by atoms with Gasteiger partial charge in [0.2, 0.25) is 0 Å². The van der Waals surface area contributed by atoms with Crippen molar-refractivity contribution in [1.29, 1.82) is 0 Å². The van der Waals surface area contributed by atoms with Gasteiger partial charge in [0, 0.05) is 0 Å². The van der Waals surface area contributed by atoms with E-state index in [0.717, 1.165) is 36.1 Å². The summed E-state index contributed by atoms with van der Waals surface area (Å²) >= 11 is 0. The minimum atomic E-state index is 0.753. The first-order valence-electron chi connectivity index (χ1n) is 6.51. The Morgan fingerprint density at radius 3 is 2.13 bits per heavy atom. The average Bonchev–Trinajstić information content (AvgIpc) is 2.21. The van der Waals surface area contributed by atoms with Crippen molar-refractivity contribution in [1.82, 2.24) is 5.32 Å². The van der Waals surface area contributed by atoms with Crippen LogP contribution < -0.4 is 5.32 Å². The summed E-state index contributed by atoms with van der Waals surface area (Å²) in [6.45, 7) is 1.93. The van der Waals surface area contributed by atoms with Crippen molar-refractivity contribution in [2.24, 2.45) is 29.6 Å². The Kier molecular flexibility index (Phi) is 2.48. The zero-order valence-corrected chi connectivity index (χ0v) is 9.41. The molecule has 4 saturated carbocycles. The maximum absolute atomic E-state index is 5.28. The molecular formula is C14H21N. The van der Waals surface area contributed by atoms with Crippen molar-refractivity contribution < 1.29 is 0 Å². The lowest BCUT2D eigenvalue weighted by atomic mass is 9.52. The minimum Gasteiger partial charge on any atom is -0.306 e. The summed E-state index contributed by atoms with van der Waals surface area (Å²) in [5.41, 5.74) is 0. The van der Waals surface area contributed by atoms with Crippen LogP contribution in [0, 0.1) is 41.9 Å². The molecule has 0 heterocycles. The molecule has 0 unspecified atom stereocenters. The van der Waals surface area contributed by atoms with Gasteiger partial charge in [-0.1, -0.05) is 5.92 Å². The fourth-order valence-electron chi connectivity index (χ4n) is 4.68. The molecule has 0 aromatic carbocycles. The lowest BCUT2D eigenvalue weighted by Gasteiger charge is -2.54. The highest BCUT2D eigenvalue weighted by Crippen LogP contribution is 2.56. The molecule has 15 heavy (non-hydrogen) atoms. The highest BCUT2D eigenvalue weighted by atomic mass is 14.9. The van der Waals surface area contributed by atoms with Crippen molar-refractivity contribution in [3.05, 3.63) is 0 Å². The van der Waals surface area contributed by atoms with Gasteiger partial charge in [0.25, 0.3) is 0 Å². The van der Waals surface area contributed by atoms with E-state index in [1.54, 1.807) is 6.42 Å². The van der Waals surface area contributed by atoms with Gasteiger partial charge in [0.05, 0.1) is 6.54 Å². The van der Waals surface area contributed by atoms with Gasteiger partial charge in [-0.25, -0.2) is 0 Å². The van der Waals surface area contributed by atoms with Crippen LogP contribution in [0.25, 0.3) is 0 Å². The normalized spacial score (nSPS) is 46.7. The zero-order valence-electron chi connectivity index (χ0n) is 9.41. The Hall–Kier alpha value is -0.480. The second-order valence-corrected chi connectivity index (χ2v) is 5.93. The molecule has 82 valence electrons. The molecule has 0 atom stereocenters. The van der Waals surface area contributed by atoms with Gasteiger partial charge in [0.1, 0.15) is 0 Å². The fourth-order valence-corrected chi connectivity index (χ4v) is 4.68. The molecule has 4 aliphatic rings. The Bertz CT molecular complexity index is 248. The smallest absolute Gasteiger partial charge is 0.0573 e. The summed E-state index contributed by atoms with van der Waals surface area (Å²) in [6, 6.07) is 0. The maximum Gasteiger partial charge on any atom is 0.0573 e. The van der Waals surface area contributed by atoms with Crippen LogP contribution in [0.1, 0.15) is 32.1 Å². The molecule has 0 saturated heterocycles. The molecule has 1 heteroatoms. The van der Waals surface area contributed by atoms with E-state index in [-0.39, 0.29) is 0 Å². The van der Waals surface area contributed by atoms with Gasteiger partial charge in [-0.3, -0.25) is 0 Å². The number of nitrogens with one attached hydrogen (secondary N) is 1. The predicted molar refractivity (Wildman–Crippen MR) is 62.2 cm³/mol. The number of terminal acetylenes is 1. The molecule has 1 N–H and O–H groups in total. The largest absolute Gasteiger partial charge is 0.306 e. The average molecular weight is 203 g/mol. The molecule has 0 aliphatic heterocycles. The van der Waals surface area contributed by atoms with E-state index >= 15 is 0 Å². The van der Waals surface area contributed by atoms with E-state index in [4.69, 9.17) is 6.42 Å². The van der Waals surface area contributed by atoms with Crippen LogP contribution in [-0.4, -0.2) is 13.1 Å². The fraction of sp³-hybridized carbons (Fsp3) is 0.857. The van der Waals surface area contributed by atoms with Crippen molar-refractivity contribution in [2.45, 2.75) is 32.1 Å². The van der Waals surface area contributed by atoms with Crippen LogP contribution in [-0.2, 0) is 0 Å². The second kappa shape index (κ2) is 3.83. The molecule has 4 bridgehead atoms. The first kappa shape index (κ1) is 9.73. The van der Waals surface area contributed by atoms with E-state index < -0.39 is 0 Å². The van der Waals surface area contributed by atoms with Gasteiger partial charge in [0.15, 0.2) is 0 Å². The highest BCUT2D eigenvalue weighted by molar-refractivity contribution is 4.99. The van der Waals surface area contributed by atoms with Crippen LogP contribution in [0.5, 0.6) is 0 Å². The summed E-state index contributed by atoms with van der Waals surface area (Å²) in [7, 11) is 0. The lowest BCUT2D eigenvalue weighted by Crippen LogP contribution is -2.48. The standard InChI is InChI=1S/C14H21N/c1-2-3-15-9-14-12-5-10-4-11(7-12)8-13(14)6-10/h1,10-15H,3-9H2. The first-order valence-corrected chi connectivity index (χ1v) is 6.51. The van der Waals surface area contributed by atoms with Gasteiger partial charge in [-0.2, -0.15) is 0 Å². The molecule has 0 radical (unpaired) electrons. The van der Waals surface area contributed by atoms with Crippen LogP contribution >= 0.6 is 0 Å². The molecule has 0 aromatic rings. The van der Waals surface area contributed by atoms with Gasteiger partial charge in [-0.15, -0.1) is 6.42 Å². The summed E-state index contributed by atoms with van der Waals surface area (Å²) < 4.78 is 0. The molecule has 1 nitrogen and oxygen atoms in total. The van der Waals surface area contributed by atoms with Crippen LogP contribution in [0.3, 0.4) is 0 Å². The van der Waals surface area contributed by atoms with E-state index in [1.165, 1.54) is 32.2 Å². The molecule has 0 spiro atoms. The Morgan fingerprint density at radius 2 is 1.60 bits per heavy atom. The van der Waals surface area contributed by atoms with E-state index in [0.29, 0.717) is 0 Å². The SMILES string of the molecule is C#CCNCC1C2CC3CC(C2)CC1C3. The third kappa shape index (κ3) is 1.70. The maximum atomic E-state index is 5.28. The molecule has 0 aromatic heterocycles. The van der Waals surface area contributed by atoms with Crippen LogP contribution in [0.2, 0.25) is 0 Å². The second-order valence-electron chi connectivity index (χ2n) is 5.93. The highest BCUT2D eigenvalue weighted by Gasteiger charge is 2.47. The molecule has 4 rings (SSSR count). The van der Waals surface area contributed by atoms with Crippen LogP contribution in [0.4, 0.5) is 0 Å². The zero-order chi connectivity index (χ0) is 10.3. The quantitative estimate of drug-likeness (QED) is 0.548. The molecule has 4 fully saturated rings. The summed E-state index contributed by atoms with van der Waals surface area (Å²) in [6.07, 6.45) is 12.9. The molecular weight excluding hydrogens is 182 g/mol. The Balaban J connectivity index is 1.63. The third-order valence-electron chi connectivity index (χ3n) is 5.03. The number of hydrogen-bond acceptors (Lipinski definition) is 1. The van der Waals surface area contributed by atoms with Crippen molar-refractivity contribution >= 4 is 0 Å². The minimum absolute atomic E-state index is 0.753. The van der Waals surface area contributed by atoms with Crippen molar-refractivity contribution in [3.63, 3.8) is 0 Å². The Morgan fingerprint density at radius 1 is 1.00 bits per heavy atom. The summed E-state index contributed by atoms with van der Waals surface area (Å²) in [4.78, 5) is 0. The monoisotopic (exact) mass is 203 g/mol. The van der Waals surface area contributed by atoms with E-state index in [9.17, 15) is 0 Å². The lowest BCUT2D eigenvalue weighted by molar-refractivity contribution is -0.0350. The number of hydrogen-bond donors (Lipinski definition) is 1. The van der Waals surface area contributed by atoms with Gasteiger partial charge < -0.3 is 5.32 Å². The topological polar surface area (TPSA) is 12.0 Å². The number of rotatable bonds is 3. The Labute approximate surface area is 93.0 Å². The molecule has 4 aliphatic carbocycles. The van der Waals surface area contributed by atoms with Crippen molar-refractivity contribution in [3.8, 4) is 12.3 Å². The van der Waals surface area contributed by atoms with Gasteiger partial charge in [-0.05, 0) is 68.2 Å². The molecule has 0 amide bonds. The van der Waals surface area contributed by atoms with E-state index in [2.05, 4.69) is 11.2 Å². The van der Waals surface area contributed by atoms with Crippen molar-refractivity contribution in [2.75, 3.05) is 13.1 Å². The summed E-state index contributed by atoms with van der Waals surface area (Å²) in [5, 5.41) is 3.43. The third-order valence-corrected chi connectivity index (χ3v) is 5.03.